The van der Waals surface area contributed by atoms with E-state index in [1.807, 2.05) is 18.2 Å². The third kappa shape index (κ3) is 5.41. The van der Waals surface area contributed by atoms with Gasteiger partial charge in [-0.3, -0.25) is 4.79 Å². The fourth-order valence-electron chi connectivity index (χ4n) is 3.53. The van der Waals surface area contributed by atoms with E-state index in [1.165, 1.54) is 13.3 Å². The lowest BCUT2D eigenvalue weighted by Gasteiger charge is -2.38. The van der Waals surface area contributed by atoms with Crippen LogP contribution in [0.4, 0.5) is 5.69 Å². The Morgan fingerprint density at radius 2 is 1.96 bits per heavy atom. The molecule has 138 valence electrons. The summed E-state index contributed by atoms with van der Waals surface area (Å²) in [6.07, 6.45) is 1.27. The number of rotatable bonds is 7. The average molecular weight is 345 g/mol. The molecule has 1 saturated heterocycles. The van der Waals surface area contributed by atoms with Crippen LogP contribution in [0.5, 0.6) is 5.75 Å². The molecule has 0 unspecified atom stereocenters. The van der Waals surface area contributed by atoms with Crippen LogP contribution in [-0.4, -0.2) is 44.1 Å². The highest BCUT2D eigenvalue weighted by atomic mass is 16.5. The van der Waals surface area contributed by atoms with Gasteiger partial charge in [-0.2, -0.15) is 0 Å². The van der Waals surface area contributed by atoms with Gasteiger partial charge in [-0.1, -0.05) is 20.4 Å². The van der Waals surface area contributed by atoms with E-state index < -0.39 is 0 Å². The highest BCUT2D eigenvalue weighted by Crippen LogP contribution is 2.33. The zero-order valence-corrected chi connectivity index (χ0v) is 15.9. The van der Waals surface area contributed by atoms with Gasteiger partial charge in [0, 0.05) is 50.1 Å². The number of benzene rings is 1. The van der Waals surface area contributed by atoms with Crippen LogP contribution in [0.2, 0.25) is 0 Å². The smallest absolute Gasteiger partial charge is 0.216 e. The molecule has 0 bridgehead atoms. The van der Waals surface area contributed by atoms with Crippen molar-refractivity contribution in [3.63, 3.8) is 0 Å². The Hall–Kier alpha value is -2.17. The summed E-state index contributed by atoms with van der Waals surface area (Å²) in [5.74, 6) is 2.14. The normalized spacial score (nSPS) is 20.1. The molecule has 5 nitrogen and oxygen atoms in total. The van der Waals surface area contributed by atoms with E-state index in [9.17, 15) is 4.79 Å². The van der Waals surface area contributed by atoms with E-state index in [4.69, 9.17) is 4.74 Å². The van der Waals surface area contributed by atoms with Crippen LogP contribution in [0.25, 0.3) is 5.70 Å². The molecule has 0 saturated carbocycles. The van der Waals surface area contributed by atoms with Crippen LogP contribution >= 0.6 is 0 Å². The third-order valence-electron chi connectivity index (χ3n) is 4.60. The van der Waals surface area contributed by atoms with E-state index in [1.54, 1.807) is 7.11 Å². The maximum atomic E-state index is 11.0. The van der Waals surface area contributed by atoms with Crippen LogP contribution in [0, 0.1) is 11.8 Å². The summed E-state index contributed by atoms with van der Waals surface area (Å²) in [4.78, 5) is 13.4. The topological polar surface area (TPSA) is 53.6 Å². The van der Waals surface area contributed by atoms with Crippen LogP contribution in [0.3, 0.4) is 0 Å². The van der Waals surface area contributed by atoms with Crippen molar-refractivity contribution in [2.24, 2.45) is 11.8 Å². The van der Waals surface area contributed by atoms with Crippen LogP contribution in [0.15, 0.2) is 24.8 Å². The second kappa shape index (κ2) is 8.79. The number of nitrogens with zero attached hydrogens (tertiary/aromatic N) is 1. The summed E-state index contributed by atoms with van der Waals surface area (Å²) in [7, 11) is 1.68. The average Bonchev–Trinajstić information content (AvgIpc) is 2.57. The Bertz CT molecular complexity index is 605. The molecule has 5 heteroatoms. The molecule has 2 atom stereocenters. The van der Waals surface area contributed by atoms with E-state index >= 15 is 0 Å². The van der Waals surface area contributed by atoms with Gasteiger partial charge in [0.1, 0.15) is 5.75 Å². The molecule has 25 heavy (non-hydrogen) atoms. The fourth-order valence-corrected chi connectivity index (χ4v) is 3.53. The molecule has 2 rings (SSSR count). The van der Waals surface area contributed by atoms with Crippen molar-refractivity contribution in [3.05, 3.63) is 30.3 Å². The Morgan fingerprint density at radius 3 is 2.56 bits per heavy atom. The van der Waals surface area contributed by atoms with Crippen molar-refractivity contribution in [3.8, 4) is 5.75 Å². The summed E-state index contributed by atoms with van der Waals surface area (Å²) in [5, 5.41) is 6.21. The molecule has 0 spiro atoms. The predicted molar refractivity (Wildman–Crippen MR) is 104 cm³/mol. The summed E-state index contributed by atoms with van der Waals surface area (Å²) in [6.45, 7) is 13.8. The number of carbonyl (C=O) groups excluding carboxylic acids is 1. The lowest BCUT2D eigenvalue weighted by Crippen LogP contribution is -2.37. The Kier molecular flexibility index (Phi) is 6.73. The first kappa shape index (κ1) is 19.2. The maximum Gasteiger partial charge on any atom is 0.216 e. The molecular weight excluding hydrogens is 314 g/mol. The van der Waals surface area contributed by atoms with Crippen molar-refractivity contribution < 1.29 is 9.53 Å². The van der Waals surface area contributed by atoms with Gasteiger partial charge in [-0.05, 0) is 36.5 Å². The second-order valence-corrected chi connectivity index (χ2v) is 7.12. The number of anilines is 1. The first-order chi connectivity index (χ1) is 11.9. The molecule has 2 N–H and O–H groups in total. The van der Waals surface area contributed by atoms with Crippen molar-refractivity contribution in [1.82, 2.24) is 10.2 Å². The zero-order chi connectivity index (χ0) is 18.4. The van der Waals surface area contributed by atoms with Gasteiger partial charge in [-0.25, -0.2) is 0 Å². The molecule has 0 aliphatic carbocycles. The molecule has 1 aromatic rings. The molecule has 1 aromatic carbocycles. The number of piperidine rings is 1. The minimum Gasteiger partial charge on any atom is -0.497 e. The first-order valence-corrected chi connectivity index (χ1v) is 9.01. The molecule has 1 aliphatic rings. The summed E-state index contributed by atoms with van der Waals surface area (Å²) >= 11 is 0. The van der Waals surface area contributed by atoms with Crippen LogP contribution < -0.4 is 15.4 Å². The number of carbonyl (C=O) groups is 1. The molecular formula is C20H31N3O2. The number of nitrogens with one attached hydrogen (secondary N) is 2. The SMILES string of the molecule is C=C(c1cc(OC)ccc1NCCNC(C)=O)N1C[C@H](C)C[C@H](C)C1. The Labute approximate surface area is 151 Å². The van der Waals surface area contributed by atoms with Gasteiger partial charge in [0.05, 0.1) is 7.11 Å². The number of hydrogen-bond acceptors (Lipinski definition) is 4. The molecule has 1 aliphatic heterocycles. The monoisotopic (exact) mass is 345 g/mol. The Balaban J connectivity index is 2.15. The minimum absolute atomic E-state index is 0.0162. The third-order valence-corrected chi connectivity index (χ3v) is 4.60. The number of likely N-dealkylation sites (tertiary alicyclic amines) is 1. The first-order valence-electron chi connectivity index (χ1n) is 9.01. The lowest BCUT2D eigenvalue weighted by molar-refractivity contribution is -0.118. The number of amides is 1. The van der Waals surface area contributed by atoms with Crippen LogP contribution in [0.1, 0.15) is 32.8 Å². The van der Waals surface area contributed by atoms with Gasteiger partial charge in [0.15, 0.2) is 0 Å². The van der Waals surface area contributed by atoms with E-state index in [0.717, 1.165) is 35.8 Å². The second-order valence-electron chi connectivity index (χ2n) is 7.12. The number of ether oxygens (including phenoxy) is 1. The highest BCUT2D eigenvalue weighted by molar-refractivity contribution is 5.76. The van der Waals surface area contributed by atoms with Gasteiger partial charge >= 0.3 is 0 Å². The minimum atomic E-state index is -0.0162. The molecule has 0 radical (unpaired) electrons. The lowest BCUT2D eigenvalue weighted by atomic mass is 9.91. The summed E-state index contributed by atoms with van der Waals surface area (Å²) < 4.78 is 5.40. The van der Waals surface area contributed by atoms with E-state index in [-0.39, 0.29) is 5.91 Å². The van der Waals surface area contributed by atoms with Gasteiger partial charge in [0.25, 0.3) is 0 Å². The summed E-state index contributed by atoms with van der Waals surface area (Å²) in [5.41, 5.74) is 3.10. The molecule has 1 amide bonds. The molecule has 1 fully saturated rings. The largest absolute Gasteiger partial charge is 0.497 e. The van der Waals surface area contributed by atoms with E-state index in [2.05, 4.69) is 36.0 Å². The van der Waals surface area contributed by atoms with Crippen molar-refractivity contribution in [2.45, 2.75) is 27.2 Å². The van der Waals surface area contributed by atoms with E-state index in [0.29, 0.717) is 24.9 Å². The maximum absolute atomic E-state index is 11.0. The predicted octanol–water partition coefficient (Wildman–Crippen LogP) is 3.19. The quantitative estimate of drug-likeness (QED) is 0.745. The van der Waals surface area contributed by atoms with Gasteiger partial charge < -0.3 is 20.3 Å². The van der Waals surface area contributed by atoms with Crippen LogP contribution in [-0.2, 0) is 4.79 Å². The fraction of sp³-hybridized carbons (Fsp3) is 0.550. The Morgan fingerprint density at radius 1 is 1.28 bits per heavy atom. The molecule has 1 heterocycles. The van der Waals surface area contributed by atoms with Crippen molar-refractivity contribution >= 4 is 17.3 Å². The molecule has 0 aromatic heterocycles. The summed E-state index contributed by atoms with van der Waals surface area (Å²) in [6, 6.07) is 6.00. The van der Waals surface area contributed by atoms with Crippen molar-refractivity contribution in [1.29, 1.82) is 0 Å². The van der Waals surface area contributed by atoms with Gasteiger partial charge in [0.2, 0.25) is 5.91 Å². The van der Waals surface area contributed by atoms with Crippen molar-refractivity contribution in [2.75, 3.05) is 38.6 Å². The number of methoxy groups -OCH3 is 1. The van der Waals surface area contributed by atoms with Gasteiger partial charge in [-0.15, -0.1) is 0 Å². The number of hydrogen-bond donors (Lipinski definition) is 2. The highest BCUT2D eigenvalue weighted by Gasteiger charge is 2.24. The standard InChI is InChI=1S/C20H31N3O2/c1-14-10-15(2)13-23(12-14)16(3)19-11-18(25-5)6-7-20(19)22-9-8-21-17(4)24/h6-7,11,14-15,22H,3,8-10,12-13H2,1-2,4-5H3,(H,21,24)/t14-,15+. The zero-order valence-electron chi connectivity index (χ0n) is 15.9.